The van der Waals surface area contributed by atoms with Gasteiger partial charge in [0, 0.05) is 20.2 Å². The van der Waals surface area contributed by atoms with Crippen molar-refractivity contribution in [1.82, 2.24) is 10.3 Å². The number of amides is 1. The molecule has 0 spiro atoms. The largest absolute Gasteiger partial charge is 0.341 e. The number of carbonyl (C=O) groups excluding carboxylic acids is 1. The zero-order valence-corrected chi connectivity index (χ0v) is 9.66. The zero-order valence-electron chi connectivity index (χ0n) is 9.66. The Hall–Kier alpha value is -1.82. The standard InChI is InChI=1S/C13H16N2O.H2/c1-11(2)6-3-4-9-15-13(16)12-7-5-8-14-10-12;/h5,7-8,10-11H,6,9H2,1-2H3,(H,15,16);1H. The van der Waals surface area contributed by atoms with E-state index in [9.17, 15) is 4.79 Å². The highest BCUT2D eigenvalue weighted by atomic mass is 16.1. The number of nitrogens with one attached hydrogen (secondary N) is 1. The molecule has 86 valence electrons. The van der Waals surface area contributed by atoms with Gasteiger partial charge in [-0.15, -0.1) is 5.92 Å². The van der Waals surface area contributed by atoms with Gasteiger partial charge in [-0.25, -0.2) is 0 Å². The van der Waals surface area contributed by atoms with E-state index in [-0.39, 0.29) is 7.33 Å². The number of aromatic nitrogens is 1. The second kappa shape index (κ2) is 6.62. The molecule has 1 rings (SSSR count). The summed E-state index contributed by atoms with van der Waals surface area (Å²) in [5.41, 5.74) is 0.563. The van der Waals surface area contributed by atoms with Crippen molar-refractivity contribution in [1.29, 1.82) is 0 Å². The molecule has 1 aromatic rings. The molecule has 0 aromatic carbocycles. The fourth-order valence-electron chi connectivity index (χ4n) is 1.06. The molecule has 1 N–H and O–H groups in total. The lowest BCUT2D eigenvalue weighted by molar-refractivity contribution is 0.0958. The van der Waals surface area contributed by atoms with Crippen molar-refractivity contribution in [2.75, 3.05) is 6.54 Å². The Morgan fingerprint density at radius 1 is 1.56 bits per heavy atom. The van der Waals surface area contributed by atoms with Crippen LogP contribution in [-0.2, 0) is 0 Å². The van der Waals surface area contributed by atoms with Crippen LogP contribution in [0.15, 0.2) is 24.5 Å². The molecule has 0 saturated heterocycles. The van der Waals surface area contributed by atoms with E-state index in [1.807, 2.05) is 0 Å². The van der Waals surface area contributed by atoms with Crippen molar-refractivity contribution in [3.05, 3.63) is 30.1 Å². The monoisotopic (exact) mass is 218 g/mol. The second-order valence-electron chi connectivity index (χ2n) is 3.88. The smallest absolute Gasteiger partial charge is 0.253 e. The van der Waals surface area contributed by atoms with E-state index in [1.54, 1.807) is 18.3 Å². The van der Waals surface area contributed by atoms with Crippen LogP contribution in [0.5, 0.6) is 0 Å². The molecular formula is C13H18N2O. The van der Waals surface area contributed by atoms with Crippen LogP contribution >= 0.6 is 0 Å². The Morgan fingerprint density at radius 2 is 2.38 bits per heavy atom. The maximum Gasteiger partial charge on any atom is 0.253 e. The number of hydrogen-bond donors (Lipinski definition) is 1. The molecule has 0 bridgehead atoms. The van der Waals surface area contributed by atoms with Gasteiger partial charge in [-0.2, -0.15) is 0 Å². The van der Waals surface area contributed by atoms with Crippen LogP contribution in [-0.4, -0.2) is 17.4 Å². The average molecular weight is 218 g/mol. The Bertz CT molecular complexity index is 393. The first-order chi connectivity index (χ1) is 7.70. The van der Waals surface area contributed by atoms with Crippen LogP contribution < -0.4 is 5.32 Å². The van der Waals surface area contributed by atoms with Crippen molar-refractivity contribution in [2.24, 2.45) is 5.92 Å². The van der Waals surface area contributed by atoms with E-state index in [0.717, 1.165) is 6.42 Å². The van der Waals surface area contributed by atoms with Crippen molar-refractivity contribution in [3.63, 3.8) is 0 Å². The van der Waals surface area contributed by atoms with E-state index in [4.69, 9.17) is 0 Å². The van der Waals surface area contributed by atoms with Crippen LogP contribution in [0.2, 0.25) is 0 Å². The van der Waals surface area contributed by atoms with E-state index < -0.39 is 0 Å². The van der Waals surface area contributed by atoms with Gasteiger partial charge in [0.2, 0.25) is 0 Å². The van der Waals surface area contributed by atoms with Gasteiger partial charge >= 0.3 is 0 Å². The summed E-state index contributed by atoms with van der Waals surface area (Å²) in [6, 6.07) is 3.46. The number of rotatable bonds is 3. The summed E-state index contributed by atoms with van der Waals surface area (Å²) in [5, 5.41) is 2.72. The molecule has 3 nitrogen and oxygen atoms in total. The van der Waals surface area contributed by atoms with Gasteiger partial charge in [0.15, 0.2) is 0 Å². The van der Waals surface area contributed by atoms with Crippen molar-refractivity contribution in [3.8, 4) is 11.8 Å². The molecule has 0 aliphatic rings. The quantitative estimate of drug-likeness (QED) is 0.789. The van der Waals surface area contributed by atoms with Crippen molar-refractivity contribution < 1.29 is 6.22 Å². The van der Waals surface area contributed by atoms with Gasteiger partial charge < -0.3 is 5.32 Å². The van der Waals surface area contributed by atoms with E-state index in [1.165, 1.54) is 6.20 Å². The molecule has 1 heterocycles. The molecule has 1 aromatic heterocycles. The molecule has 16 heavy (non-hydrogen) atoms. The lowest BCUT2D eigenvalue weighted by atomic mass is 10.1. The minimum Gasteiger partial charge on any atom is -0.341 e. The molecule has 0 aliphatic heterocycles. The third-order valence-corrected chi connectivity index (χ3v) is 1.90. The summed E-state index contributed by atoms with van der Waals surface area (Å²) >= 11 is 0. The normalized spacial score (nSPS) is 9.44. The van der Waals surface area contributed by atoms with E-state index in [2.05, 4.69) is 36.0 Å². The first-order valence-electron chi connectivity index (χ1n) is 5.34. The lowest BCUT2D eigenvalue weighted by Gasteiger charge is -1.99. The van der Waals surface area contributed by atoms with Crippen LogP contribution in [0.1, 0.15) is 32.1 Å². The van der Waals surface area contributed by atoms with Gasteiger partial charge in [0.25, 0.3) is 5.91 Å². The highest BCUT2D eigenvalue weighted by Gasteiger charge is 2.01. The molecule has 3 heteroatoms. The summed E-state index contributed by atoms with van der Waals surface area (Å²) in [4.78, 5) is 15.4. The second-order valence-corrected chi connectivity index (χ2v) is 3.88. The molecule has 0 unspecified atom stereocenters. The maximum atomic E-state index is 11.5. The Morgan fingerprint density at radius 3 is 3.00 bits per heavy atom. The highest BCUT2D eigenvalue weighted by molar-refractivity contribution is 5.93. The summed E-state index contributed by atoms with van der Waals surface area (Å²) in [5.74, 6) is 6.36. The summed E-state index contributed by atoms with van der Waals surface area (Å²) in [6.45, 7) is 4.62. The van der Waals surface area contributed by atoms with Crippen molar-refractivity contribution in [2.45, 2.75) is 20.3 Å². The van der Waals surface area contributed by atoms with Crippen LogP contribution in [0, 0.1) is 17.8 Å². The van der Waals surface area contributed by atoms with Crippen molar-refractivity contribution >= 4 is 5.91 Å². The van der Waals surface area contributed by atoms with Gasteiger partial charge in [-0.3, -0.25) is 9.78 Å². The van der Waals surface area contributed by atoms with E-state index in [0.29, 0.717) is 18.0 Å². The molecular weight excluding hydrogens is 200 g/mol. The van der Waals surface area contributed by atoms with Crippen LogP contribution in [0.3, 0.4) is 0 Å². The highest BCUT2D eigenvalue weighted by Crippen LogP contribution is 1.96. The summed E-state index contributed by atoms with van der Waals surface area (Å²) in [6.07, 6.45) is 4.04. The Balaban J connectivity index is 0.00000256. The van der Waals surface area contributed by atoms with Gasteiger partial charge in [0.1, 0.15) is 0 Å². The molecule has 0 fully saturated rings. The fourth-order valence-corrected chi connectivity index (χ4v) is 1.06. The van der Waals surface area contributed by atoms with Crippen LogP contribution in [0.4, 0.5) is 0 Å². The summed E-state index contributed by atoms with van der Waals surface area (Å²) < 4.78 is 0. The SMILES string of the molecule is CC(C)CC#CCNC(=O)c1cccnc1.[HH]. The Labute approximate surface area is 97.8 Å². The third-order valence-electron chi connectivity index (χ3n) is 1.90. The Kier molecular flexibility index (Phi) is 5.07. The topological polar surface area (TPSA) is 42.0 Å². The van der Waals surface area contributed by atoms with Crippen LogP contribution in [0.25, 0.3) is 0 Å². The predicted molar refractivity (Wildman–Crippen MR) is 65.9 cm³/mol. The molecule has 0 radical (unpaired) electrons. The number of hydrogen-bond acceptors (Lipinski definition) is 2. The van der Waals surface area contributed by atoms with Gasteiger partial charge in [0.05, 0.1) is 12.1 Å². The zero-order chi connectivity index (χ0) is 11.8. The molecule has 1 amide bonds. The minimum atomic E-state index is -0.132. The number of nitrogens with zero attached hydrogens (tertiary/aromatic N) is 1. The summed E-state index contributed by atoms with van der Waals surface area (Å²) in [7, 11) is 0. The number of pyridine rings is 1. The van der Waals surface area contributed by atoms with Gasteiger partial charge in [-0.1, -0.05) is 19.8 Å². The molecule has 0 atom stereocenters. The lowest BCUT2D eigenvalue weighted by Crippen LogP contribution is -2.23. The minimum absolute atomic E-state index is 0. The first-order valence-corrected chi connectivity index (χ1v) is 5.34. The number of carbonyl (C=O) groups is 1. The third kappa shape index (κ3) is 4.61. The average Bonchev–Trinajstić information content (AvgIpc) is 2.29. The first kappa shape index (κ1) is 12.3. The predicted octanol–water partition coefficient (Wildman–Crippen LogP) is 2.11. The molecule has 0 saturated carbocycles. The van der Waals surface area contributed by atoms with E-state index >= 15 is 0 Å². The van der Waals surface area contributed by atoms with Gasteiger partial charge in [-0.05, 0) is 18.1 Å². The maximum absolute atomic E-state index is 11.5. The fraction of sp³-hybridized carbons (Fsp3) is 0.385. The molecule has 0 aliphatic carbocycles.